The molecule has 5 aliphatic rings. The molecule has 7 heteroatoms. The van der Waals surface area contributed by atoms with E-state index < -0.39 is 0 Å². The van der Waals surface area contributed by atoms with Crippen LogP contribution in [0.15, 0.2) is 0 Å². The summed E-state index contributed by atoms with van der Waals surface area (Å²) in [6, 6.07) is 0.617. The minimum absolute atomic E-state index is 0.139. The zero-order valence-corrected chi connectivity index (χ0v) is 27.6. The van der Waals surface area contributed by atoms with Gasteiger partial charge < -0.3 is 31.3 Å². The molecule has 0 aromatic carbocycles. The highest BCUT2D eigenvalue weighted by atomic mass is 16.3. The number of carbonyl (C=O) groups excluding carboxylic acids is 1. The fourth-order valence-electron chi connectivity index (χ4n) is 11.2. The van der Waals surface area contributed by atoms with E-state index in [1.54, 1.807) is 7.05 Å². The average molecular weight is 588 g/mol. The molecule has 10 atom stereocenters. The first kappa shape index (κ1) is 32.7. The highest BCUT2D eigenvalue weighted by Crippen LogP contribution is 2.68. The van der Waals surface area contributed by atoms with Gasteiger partial charge in [0.05, 0.1) is 6.10 Å². The second-order valence-electron chi connectivity index (χ2n) is 15.8. The zero-order chi connectivity index (χ0) is 29.9. The van der Waals surface area contributed by atoms with E-state index in [1.165, 1.54) is 84.1 Å². The number of fused-ring (bicyclic) bond motifs is 5. The van der Waals surface area contributed by atoms with Gasteiger partial charge in [-0.2, -0.15) is 0 Å². The van der Waals surface area contributed by atoms with Crippen molar-refractivity contribution in [2.45, 2.75) is 110 Å². The van der Waals surface area contributed by atoms with E-state index in [0.29, 0.717) is 58.8 Å². The number of nitrogens with two attached hydrogens (primary N) is 1. The lowest BCUT2D eigenvalue weighted by Gasteiger charge is -2.62. The maximum absolute atomic E-state index is 11.9. The Morgan fingerprint density at radius 3 is 2.31 bits per heavy atom. The molecule has 0 radical (unpaired) electrons. The molecule has 0 bridgehead atoms. The zero-order valence-electron chi connectivity index (χ0n) is 27.6. The maximum Gasteiger partial charge on any atom is 0.219 e. The smallest absolute Gasteiger partial charge is 0.219 e. The van der Waals surface area contributed by atoms with Crippen molar-refractivity contribution in [3.8, 4) is 0 Å². The second kappa shape index (κ2) is 14.1. The van der Waals surface area contributed by atoms with Gasteiger partial charge in [-0.3, -0.25) is 4.79 Å². The van der Waals surface area contributed by atoms with Crippen molar-refractivity contribution >= 4 is 5.91 Å². The Balaban J connectivity index is 1.10. The lowest BCUT2D eigenvalue weighted by molar-refractivity contribution is -0.167. The Hall–Kier alpha value is -0.730. The molecule has 1 aliphatic heterocycles. The molecule has 5 rings (SSSR count). The third-order valence-corrected chi connectivity index (χ3v) is 13.8. The molecule has 1 heterocycles. The normalized spacial score (nSPS) is 41.5. The molecule has 0 spiro atoms. The Kier molecular flexibility index (Phi) is 11.0. The number of hydrogen-bond donors (Lipinski definition) is 4. The number of nitrogens with one attached hydrogen (secondary N) is 2. The molecule has 242 valence electrons. The Morgan fingerprint density at radius 1 is 0.952 bits per heavy atom. The van der Waals surface area contributed by atoms with Gasteiger partial charge in [-0.1, -0.05) is 20.8 Å². The van der Waals surface area contributed by atoms with Crippen LogP contribution in [-0.2, 0) is 4.79 Å². The Labute approximate surface area is 257 Å². The number of nitrogens with zero attached hydrogens (tertiary/aromatic N) is 2. The minimum atomic E-state index is -0.139. The van der Waals surface area contributed by atoms with Gasteiger partial charge in [0.2, 0.25) is 5.91 Å². The van der Waals surface area contributed by atoms with Gasteiger partial charge in [-0.25, -0.2) is 0 Å². The Bertz CT molecular complexity index is 879. The SMILES string of the molecule is CNC(=O)CC[C@@H](C)[C@H]1CCC2C3C(CC[C@@]21C)[C@@]1(C)CC[C@H](NCCCN2CCN(CCCN)CC2)CC1C[C@H]3O. The number of amides is 1. The van der Waals surface area contributed by atoms with E-state index in [1.807, 2.05) is 0 Å². The van der Waals surface area contributed by atoms with Gasteiger partial charge in [-0.05, 0) is 143 Å². The van der Waals surface area contributed by atoms with Crippen LogP contribution in [0.3, 0.4) is 0 Å². The molecule has 0 aromatic rings. The topological polar surface area (TPSA) is 93.9 Å². The fraction of sp³-hybridized carbons (Fsp3) is 0.971. The monoisotopic (exact) mass is 588 g/mol. The highest BCUT2D eigenvalue weighted by Gasteiger charge is 2.62. The summed E-state index contributed by atoms with van der Waals surface area (Å²) in [7, 11) is 1.75. The van der Waals surface area contributed by atoms with Crippen molar-refractivity contribution < 1.29 is 9.90 Å². The van der Waals surface area contributed by atoms with Crippen LogP contribution in [0.1, 0.15) is 97.8 Å². The van der Waals surface area contributed by atoms with Gasteiger partial charge in [0, 0.05) is 45.7 Å². The number of aliphatic hydroxyl groups is 1. The lowest BCUT2D eigenvalue weighted by atomic mass is 9.43. The van der Waals surface area contributed by atoms with E-state index >= 15 is 0 Å². The molecule has 4 aliphatic carbocycles. The molecule has 42 heavy (non-hydrogen) atoms. The maximum atomic E-state index is 11.9. The highest BCUT2D eigenvalue weighted by molar-refractivity contribution is 5.75. The van der Waals surface area contributed by atoms with Crippen molar-refractivity contribution in [1.82, 2.24) is 20.4 Å². The molecular weight excluding hydrogens is 522 g/mol. The summed E-state index contributed by atoms with van der Waals surface area (Å²) in [5.74, 6) is 3.88. The van der Waals surface area contributed by atoms with E-state index in [0.717, 1.165) is 38.9 Å². The van der Waals surface area contributed by atoms with E-state index in [9.17, 15) is 9.90 Å². The molecule has 1 amide bonds. The molecule has 5 N–H and O–H groups in total. The van der Waals surface area contributed by atoms with Gasteiger partial charge >= 0.3 is 0 Å². The van der Waals surface area contributed by atoms with Crippen molar-refractivity contribution in [2.75, 3.05) is 59.4 Å². The predicted molar refractivity (Wildman–Crippen MR) is 172 cm³/mol. The Morgan fingerprint density at radius 2 is 1.62 bits per heavy atom. The predicted octanol–water partition coefficient (Wildman–Crippen LogP) is 4.09. The molecule has 4 saturated carbocycles. The van der Waals surface area contributed by atoms with Gasteiger partial charge in [0.25, 0.3) is 0 Å². The molecule has 0 aromatic heterocycles. The van der Waals surface area contributed by atoms with Crippen molar-refractivity contribution in [3.05, 3.63) is 0 Å². The molecule has 1 saturated heterocycles. The van der Waals surface area contributed by atoms with Crippen molar-refractivity contribution in [2.24, 2.45) is 52.1 Å². The first-order chi connectivity index (χ1) is 20.2. The molecule has 5 fully saturated rings. The van der Waals surface area contributed by atoms with E-state index in [2.05, 4.69) is 41.2 Å². The fourth-order valence-corrected chi connectivity index (χ4v) is 11.2. The van der Waals surface area contributed by atoms with Gasteiger partial charge in [0.15, 0.2) is 0 Å². The lowest BCUT2D eigenvalue weighted by Crippen LogP contribution is -2.59. The van der Waals surface area contributed by atoms with Crippen LogP contribution in [0.5, 0.6) is 0 Å². The van der Waals surface area contributed by atoms with Crippen LogP contribution < -0.4 is 16.4 Å². The van der Waals surface area contributed by atoms with Crippen LogP contribution in [0.25, 0.3) is 0 Å². The largest absolute Gasteiger partial charge is 0.393 e. The summed E-state index contributed by atoms with van der Waals surface area (Å²) >= 11 is 0. The number of hydrogen-bond acceptors (Lipinski definition) is 6. The quantitative estimate of drug-likeness (QED) is 0.257. The average Bonchev–Trinajstić information content (AvgIpc) is 3.35. The third kappa shape index (κ3) is 6.76. The molecular formula is C35H65N5O2. The second-order valence-corrected chi connectivity index (χ2v) is 15.8. The minimum Gasteiger partial charge on any atom is -0.393 e. The number of piperazine rings is 1. The third-order valence-electron chi connectivity index (χ3n) is 13.8. The van der Waals surface area contributed by atoms with Crippen LogP contribution in [0, 0.1) is 46.3 Å². The van der Waals surface area contributed by atoms with Crippen molar-refractivity contribution in [3.63, 3.8) is 0 Å². The number of rotatable bonds is 12. The van der Waals surface area contributed by atoms with Gasteiger partial charge in [0.1, 0.15) is 0 Å². The summed E-state index contributed by atoms with van der Waals surface area (Å²) in [5, 5.41) is 18.5. The van der Waals surface area contributed by atoms with Gasteiger partial charge in [-0.15, -0.1) is 0 Å². The summed E-state index contributed by atoms with van der Waals surface area (Å²) in [4.78, 5) is 17.1. The molecule has 4 unspecified atom stereocenters. The van der Waals surface area contributed by atoms with Crippen LogP contribution in [0.4, 0.5) is 0 Å². The first-order valence-electron chi connectivity index (χ1n) is 18.0. The van der Waals surface area contributed by atoms with Crippen LogP contribution in [0.2, 0.25) is 0 Å². The number of carbonyl (C=O) groups is 1. The van der Waals surface area contributed by atoms with Crippen LogP contribution in [-0.4, -0.2) is 92.4 Å². The van der Waals surface area contributed by atoms with E-state index in [4.69, 9.17) is 5.73 Å². The summed E-state index contributed by atoms with van der Waals surface area (Å²) in [6.45, 7) is 16.6. The van der Waals surface area contributed by atoms with Crippen molar-refractivity contribution in [1.29, 1.82) is 0 Å². The van der Waals surface area contributed by atoms with E-state index in [-0.39, 0.29) is 12.0 Å². The summed E-state index contributed by atoms with van der Waals surface area (Å²) < 4.78 is 0. The molecule has 7 nitrogen and oxygen atoms in total. The number of aliphatic hydroxyl groups excluding tert-OH is 1. The van der Waals surface area contributed by atoms with Crippen LogP contribution >= 0.6 is 0 Å². The summed E-state index contributed by atoms with van der Waals surface area (Å²) in [6.07, 6.45) is 13.9. The first-order valence-corrected chi connectivity index (χ1v) is 18.0. The standard InChI is InChI=1S/C35H65N5O2/c1-25(7-10-32(42)37-4)28-8-9-29-33-30(12-14-35(28,29)3)34(2)13-11-27(23-26(34)24-31(33)41)38-16-6-18-40-21-19-39(20-22-40)17-5-15-36/h25-31,33,38,41H,5-24,36H2,1-4H3,(H,37,42)/t25-,26?,27+,28-,29?,30?,31-,33?,34+,35-/m1/s1. The summed E-state index contributed by atoms with van der Waals surface area (Å²) in [5.41, 5.74) is 6.39.